The summed E-state index contributed by atoms with van der Waals surface area (Å²) in [5.74, 6) is -6.35. The van der Waals surface area contributed by atoms with Crippen molar-refractivity contribution in [2.24, 2.45) is 34.8 Å². The zero-order valence-corrected chi connectivity index (χ0v) is 30.6. The SMILES string of the molecule is CCC[C@H](NC(=O)[C@@H]1[C@H]2CCC[C@H]2CN1C(=O)[C@@H](C(C)(C)C)[C@](N[C@H](c1cnccn1)C(F)(F)F)(C(N)=O)C1CCCCC1)C(=O)C(=O)NC1CC1. The molecule has 5 rings (SSSR count). The van der Waals surface area contributed by atoms with Crippen molar-refractivity contribution in [3.8, 4) is 0 Å². The second-order valence-corrected chi connectivity index (χ2v) is 16.4. The van der Waals surface area contributed by atoms with E-state index in [9.17, 15) is 19.2 Å². The highest BCUT2D eigenvalue weighted by atomic mass is 19.4. The van der Waals surface area contributed by atoms with Crippen LogP contribution in [-0.2, 0) is 24.0 Å². The Hall–Kier alpha value is -3.62. The standard InChI is InChI=1S/C37H54F3N7O5/c1-5-10-25(28(48)32(50)44-23-15-16-23)45-31(49)27-24-14-9-11-21(24)20-47(27)33(51)29(35(2,3)4)36(34(41)52,22-12-7-6-8-13-22)46-30(37(38,39)40)26-19-42-17-18-43-26/h17-19,21-25,27,29-30,46H,5-16,20H2,1-4H3,(H2,41,52)(H,44,50)(H,45,49)/t21-,24-,25-,27-,29-,30+,36-/m0/s1. The van der Waals surface area contributed by atoms with Gasteiger partial charge in [-0.2, -0.15) is 13.2 Å². The van der Waals surface area contributed by atoms with E-state index >= 15 is 18.0 Å². The normalized spacial score (nSPS) is 25.4. The Kier molecular flexibility index (Phi) is 12.0. The van der Waals surface area contributed by atoms with Crippen molar-refractivity contribution in [1.29, 1.82) is 0 Å². The Morgan fingerprint density at radius 2 is 1.65 bits per heavy atom. The molecule has 1 aromatic heterocycles. The maximum atomic E-state index is 15.3. The zero-order valence-electron chi connectivity index (χ0n) is 30.6. The summed E-state index contributed by atoms with van der Waals surface area (Å²) in [7, 11) is 0. The number of rotatable bonds is 14. The van der Waals surface area contributed by atoms with Crippen LogP contribution in [0, 0.1) is 29.1 Å². The summed E-state index contributed by atoms with van der Waals surface area (Å²) in [6.07, 6.45) is 5.69. The molecule has 4 amide bonds. The molecule has 15 heteroatoms. The topological polar surface area (TPSA) is 176 Å². The van der Waals surface area contributed by atoms with Gasteiger partial charge in [-0.3, -0.25) is 39.3 Å². The minimum Gasteiger partial charge on any atom is -0.368 e. The number of amides is 4. The van der Waals surface area contributed by atoms with Crippen LogP contribution in [0.3, 0.4) is 0 Å². The first-order valence-electron chi connectivity index (χ1n) is 18.9. The van der Waals surface area contributed by atoms with Crippen molar-refractivity contribution in [2.75, 3.05) is 6.54 Å². The summed E-state index contributed by atoms with van der Waals surface area (Å²) in [5, 5.41) is 8.13. The predicted octanol–water partition coefficient (Wildman–Crippen LogP) is 3.90. The number of alkyl halides is 3. The fourth-order valence-corrected chi connectivity index (χ4v) is 9.17. The second-order valence-electron chi connectivity index (χ2n) is 16.4. The van der Waals surface area contributed by atoms with Gasteiger partial charge in [-0.1, -0.05) is 59.8 Å². The quantitative estimate of drug-likeness (QED) is 0.208. The van der Waals surface area contributed by atoms with Gasteiger partial charge in [0.15, 0.2) is 0 Å². The lowest BCUT2D eigenvalue weighted by atomic mass is 9.59. The number of likely N-dealkylation sites (tertiary alicyclic amines) is 1. The van der Waals surface area contributed by atoms with Gasteiger partial charge in [-0.05, 0) is 68.1 Å². The number of nitrogens with zero attached hydrogens (tertiary/aromatic N) is 3. The average molecular weight is 734 g/mol. The van der Waals surface area contributed by atoms with Crippen LogP contribution in [0.4, 0.5) is 13.2 Å². The number of hydrogen-bond donors (Lipinski definition) is 4. The molecule has 0 aromatic carbocycles. The van der Waals surface area contributed by atoms with Crippen LogP contribution in [-0.4, -0.2) is 80.7 Å². The van der Waals surface area contributed by atoms with Gasteiger partial charge in [-0.15, -0.1) is 0 Å². The Bertz CT molecular complexity index is 1480. The summed E-state index contributed by atoms with van der Waals surface area (Å²) < 4.78 is 45.1. The van der Waals surface area contributed by atoms with E-state index in [2.05, 4.69) is 25.9 Å². The molecule has 4 fully saturated rings. The van der Waals surface area contributed by atoms with E-state index in [1.165, 1.54) is 11.1 Å². The molecule has 3 aliphatic carbocycles. The van der Waals surface area contributed by atoms with Crippen LogP contribution < -0.4 is 21.7 Å². The summed E-state index contributed by atoms with van der Waals surface area (Å²) >= 11 is 0. The molecule has 5 N–H and O–H groups in total. The number of ketones is 1. The molecule has 0 unspecified atom stereocenters. The number of carbonyl (C=O) groups is 5. The van der Waals surface area contributed by atoms with Gasteiger partial charge in [0.2, 0.25) is 23.5 Å². The van der Waals surface area contributed by atoms with Crippen LogP contribution in [0.1, 0.15) is 116 Å². The maximum absolute atomic E-state index is 15.3. The first kappa shape index (κ1) is 39.6. The molecule has 12 nitrogen and oxygen atoms in total. The number of aromatic nitrogens is 2. The predicted molar refractivity (Wildman–Crippen MR) is 185 cm³/mol. The molecule has 2 heterocycles. The van der Waals surface area contributed by atoms with Gasteiger partial charge in [0, 0.05) is 25.0 Å². The van der Waals surface area contributed by atoms with Crippen molar-refractivity contribution in [1.82, 2.24) is 30.8 Å². The van der Waals surface area contributed by atoms with Gasteiger partial charge in [0.1, 0.15) is 17.6 Å². The number of primary amides is 1. The van der Waals surface area contributed by atoms with E-state index < -0.39 is 82.2 Å². The number of carbonyl (C=O) groups excluding carboxylic acids is 5. The van der Waals surface area contributed by atoms with Crippen molar-refractivity contribution < 1.29 is 37.1 Å². The van der Waals surface area contributed by atoms with E-state index in [1.807, 2.05) is 6.92 Å². The van der Waals surface area contributed by atoms with Crippen LogP contribution >= 0.6 is 0 Å². The van der Waals surface area contributed by atoms with E-state index in [-0.39, 0.29) is 30.8 Å². The smallest absolute Gasteiger partial charge is 0.368 e. The third-order valence-corrected chi connectivity index (χ3v) is 11.6. The number of nitrogens with one attached hydrogen (secondary N) is 3. The van der Waals surface area contributed by atoms with Gasteiger partial charge in [-0.25, -0.2) is 0 Å². The third kappa shape index (κ3) is 8.28. The molecule has 0 radical (unpaired) electrons. The first-order valence-corrected chi connectivity index (χ1v) is 18.9. The largest absolute Gasteiger partial charge is 0.409 e. The first-order chi connectivity index (χ1) is 24.5. The number of nitrogens with two attached hydrogens (primary N) is 1. The molecule has 1 aliphatic heterocycles. The van der Waals surface area contributed by atoms with Gasteiger partial charge in [0.25, 0.3) is 5.91 Å². The van der Waals surface area contributed by atoms with E-state index in [4.69, 9.17) is 5.73 Å². The summed E-state index contributed by atoms with van der Waals surface area (Å²) in [5.41, 5.74) is 2.46. The minimum atomic E-state index is -4.95. The fourth-order valence-electron chi connectivity index (χ4n) is 9.17. The summed E-state index contributed by atoms with van der Waals surface area (Å²) in [6, 6.07) is -4.70. The Balaban J connectivity index is 1.57. The van der Waals surface area contributed by atoms with E-state index in [0.29, 0.717) is 38.5 Å². The van der Waals surface area contributed by atoms with Gasteiger partial charge in [0.05, 0.1) is 23.9 Å². The molecule has 4 aliphatic rings. The highest BCUT2D eigenvalue weighted by molar-refractivity contribution is 6.38. The Morgan fingerprint density at radius 1 is 0.962 bits per heavy atom. The summed E-state index contributed by atoms with van der Waals surface area (Å²) in [4.78, 5) is 79.0. The van der Waals surface area contributed by atoms with Gasteiger partial charge >= 0.3 is 6.18 Å². The molecule has 52 heavy (non-hydrogen) atoms. The van der Waals surface area contributed by atoms with Crippen LogP contribution in [0.15, 0.2) is 18.6 Å². The van der Waals surface area contributed by atoms with Crippen molar-refractivity contribution in [2.45, 2.75) is 141 Å². The van der Waals surface area contributed by atoms with Crippen LogP contribution in [0.2, 0.25) is 0 Å². The monoisotopic (exact) mass is 733 g/mol. The lowest BCUT2D eigenvalue weighted by molar-refractivity contribution is -0.178. The van der Waals surface area contributed by atoms with E-state index in [1.54, 1.807) is 20.8 Å². The Labute approximate surface area is 303 Å². The molecule has 0 bridgehead atoms. The van der Waals surface area contributed by atoms with Crippen LogP contribution in [0.25, 0.3) is 0 Å². The van der Waals surface area contributed by atoms with Crippen molar-refractivity contribution in [3.05, 3.63) is 24.3 Å². The van der Waals surface area contributed by atoms with Crippen LogP contribution in [0.5, 0.6) is 0 Å². The lowest BCUT2D eigenvalue weighted by Crippen LogP contribution is -2.72. The molecule has 1 saturated heterocycles. The number of Topliss-reactive ketones (excluding diaryl/α,β-unsaturated/α-hetero) is 1. The maximum Gasteiger partial charge on any atom is 0.409 e. The fraction of sp³-hybridized carbons (Fsp3) is 0.757. The minimum absolute atomic E-state index is 0.0554. The number of fused-ring (bicyclic) bond motifs is 1. The highest BCUT2D eigenvalue weighted by Crippen LogP contribution is 2.50. The molecule has 3 saturated carbocycles. The molecule has 7 atom stereocenters. The summed E-state index contributed by atoms with van der Waals surface area (Å²) in [6.45, 7) is 7.08. The van der Waals surface area contributed by atoms with E-state index in [0.717, 1.165) is 44.5 Å². The third-order valence-electron chi connectivity index (χ3n) is 11.6. The highest BCUT2D eigenvalue weighted by Gasteiger charge is 2.63. The Morgan fingerprint density at radius 3 is 2.21 bits per heavy atom. The second kappa shape index (κ2) is 15.8. The number of hydrogen-bond acceptors (Lipinski definition) is 8. The van der Waals surface area contributed by atoms with Gasteiger partial charge < -0.3 is 21.3 Å². The molecule has 0 spiro atoms. The molecule has 288 valence electrons. The van der Waals surface area contributed by atoms with Crippen molar-refractivity contribution in [3.63, 3.8) is 0 Å². The molecular formula is C37H54F3N7O5. The van der Waals surface area contributed by atoms with Crippen molar-refractivity contribution >= 4 is 29.4 Å². The number of halogens is 3. The molecular weight excluding hydrogens is 679 g/mol. The zero-order chi connectivity index (χ0) is 38.0. The average Bonchev–Trinajstić information content (AvgIpc) is 3.65. The lowest BCUT2D eigenvalue weighted by Gasteiger charge is -2.52. The molecule has 1 aromatic rings.